The third-order valence-corrected chi connectivity index (χ3v) is 2.32. The summed E-state index contributed by atoms with van der Waals surface area (Å²) in [6, 6.07) is 0.109. The average molecular weight is 181 g/mol. The highest BCUT2D eigenvalue weighted by Gasteiger charge is 2.23. The first kappa shape index (κ1) is 4.33. The van der Waals surface area contributed by atoms with Crippen molar-refractivity contribution in [3.05, 3.63) is 23.2 Å². The maximum Gasteiger partial charge on any atom is 0.231 e. The minimum Gasteiger partial charge on any atom is -0.454 e. The van der Waals surface area contributed by atoms with Gasteiger partial charge in [0.25, 0.3) is 0 Å². The molecule has 3 nitrogen and oxygen atoms in total. The minimum atomic E-state index is -2.29. The zero-order valence-corrected chi connectivity index (χ0v) is 6.89. The Morgan fingerprint density at radius 1 is 1.31 bits per heavy atom. The molecule has 2 N–H and O–H groups in total. The molecule has 68 valence electrons. The molecule has 0 fully saturated rings. The fourth-order valence-corrected chi connectivity index (χ4v) is 1.73. The van der Waals surface area contributed by atoms with Gasteiger partial charge in [-0.2, -0.15) is 0 Å². The minimum absolute atomic E-state index is 0.0212. The summed E-state index contributed by atoms with van der Waals surface area (Å²) in [5.41, 5.74) is 7.18. The lowest BCUT2D eigenvalue weighted by Gasteiger charge is -2.00. The van der Waals surface area contributed by atoms with E-state index in [0.717, 1.165) is 0 Å². The summed E-state index contributed by atoms with van der Waals surface area (Å²) in [5, 5.41) is 0. The van der Waals surface area contributed by atoms with Gasteiger partial charge in [0.05, 0.1) is 2.74 Å². The predicted molar refractivity (Wildman–Crippen MR) is 47.9 cm³/mol. The largest absolute Gasteiger partial charge is 0.454 e. The summed E-state index contributed by atoms with van der Waals surface area (Å²) in [6.07, 6.45) is 1.05. The van der Waals surface area contributed by atoms with Crippen LogP contribution in [0.2, 0.25) is 0 Å². The van der Waals surface area contributed by atoms with Gasteiger partial charge in [0.15, 0.2) is 11.5 Å². The summed E-state index contributed by atoms with van der Waals surface area (Å²) < 4.78 is 40.5. The van der Waals surface area contributed by atoms with Crippen molar-refractivity contribution in [3.8, 4) is 11.5 Å². The summed E-state index contributed by atoms with van der Waals surface area (Å²) in [5.74, 6) is 0.0423. The number of fused-ring (bicyclic) bond motifs is 2. The summed E-state index contributed by atoms with van der Waals surface area (Å²) in [6.45, 7) is -2.29. The van der Waals surface area contributed by atoms with Gasteiger partial charge >= 0.3 is 0 Å². The molecular weight excluding hydrogens is 166 g/mol. The summed E-state index contributed by atoms with van der Waals surface area (Å²) in [7, 11) is 0. The van der Waals surface area contributed by atoms with Crippen LogP contribution in [0.3, 0.4) is 0 Å². The number of benzene rings is 1. The Bertz CT molecular complexity index is 475. The molecule has 3 heteroatoms. The van der Waals surface area contributed by atoms with E-state index in [-0.39, 0.29) is 29.6 Å². The predicted octanol–water partition coefficient (Wildman–Crippen LogP) is 0.841. The molecule has 1 aromatic rings. The van der Waals surface area contributed by atoms with Gasteiger partial charge in [-0.25, -0.2) is 0 Å². The fourth-order valence-electron chi connectivity index (χ4n) is 1.73. The number of nitrogens with two attached hydrogens (primary N) is 1. The molecule has 0 atom stereocenters. The molecule has 0 amide bonds. The summed E-state index contributed by atoms with van der Waals surface area (Å²) >= 11 is 0. The van der Waals surface area contributed by atoms with Crippen LogP contribution >= 0.6 is 0 Å². The molecule has 0 saturated carbocycles. The first-order chi connectivity index (χ1) is 7.89. The SMILES string of the molecule is [2H]c1c2c(c([2H])c3c1OC([2H])([2H])O3)CC(N)C2. The molecule has 0 radical (unpaired) electrons. The van der Waals surface area contributed by atoms with Crippen molar-refractivity contribution < 1.29 is 15.0 Å². The van der Waals surface area contributed by atoms with Crippen molar-refractivity contribution in [2.45, 2.75) is 18.9 Å². The van der Waals surface area contributed by atoms with Crippen LogP contribution in [0, 0.1) is 0 Å². The standard InChI is InChI=1S/C10H11NO2/c11-8-1-6-3-9-10(13-5-12-9)4-7(6)2-8/h3-4,8H,1-2,5,11H2/i3D,4D,5D2. The molecule has 0 aromatic heterocycles. The zero-order valence-electron chi connectivity index (χ0n) is 10.9. The maximum atomic E-state index is 7.96. The van der Waals surface area contributed by atoms with E-state index in [1.54, 1.807) is 0 Å². The van der Waals surface area contributed by atoms with Crippen molar-refractivity contribution in [3.63, 3.8) is 0 Å². The van der Waals surface area contributed by atoms with Gasteiger partial charge in [-0.3, -0.25) is 0 Å². The van der Waals surface area contributed by atoms with E-state index in [0.29, 0.717) is 24.0 Å². The second kappa shape index (κ2) is 2.39. The monoisotopic (exact) mass is 181 g/mol. The van der Waals surface area contributed by atoms with E-state index >= 15 is 0 Å². The lowest BCUT2D eigenvalue weighted by atomic mass is 10.1. The second-order valence-corrected chi connectivity index (χ2v) is 3.32. The Kier molecular flexibility index (Phi) is 0.795. The topological polar surface area (TPSA) is 44.5 Å². The highest BCUT2D eigenvalue weighted by Crippen LogP contribution is 2.37. The van der Waals surface area contributed by atoms with Crippen LogP contribution in [0.5, 0.6) is 11.5 Å². The first-order valence-electron chi connectivity index (χ1n) is 6.17. The van der Waals surface area contributed by atoms with E-state index in [2.05, 4.69) is 0 Å². The molecular formula is C10H11NO2. The number of hydrogen-bond acceptors (Lipinski definition) is 3. The van der Waals surface area contributed by atoms with Crippen LogP contribution in [-0.4, -0.2) is 12.8 Å². The van der Waals surface area contributed by atoms with E-state index in [1.165, 1.54) is 0 Å². The van der Waals surface area contributed by atoms with Crippen LogP contribution in [0.1, 0.15) is 16.6 Å². The number of ether oxygens (including phenoxy) is 2. The van der Waals surface area contributed by atoms with E-state index in [1.807, 2.05) is 0 Å². The van der Waals surface area contributed by atoms with E-state index in [9.17, 15) is 0 Å². The molecule has 1 heterocycles. The Balaban J connectivity index is 2.21. The van der Waals surface area contributed by atoms with Gasteiger partial charge in [0.2, 0.25) is 6.75 Å². The van der Waals surface area contributed by atoms with Gasteiger partial charge in [0.1, 0.15) is 2.74 Å². The highest BCUT2D eigenvalue weighted by atomic mass is 16.7. The molecule has 0 spiro atoms. The van der Waals surface area contributed by atoms with Crippen LogP contribution in [0.4, 0.5) is 0 Å². The van der Waals surface area contributed by atoms with Gasteiger partial charge in [-0.05, 0) is 36.1 Å². The van der Waals surface area contributed by atoms with Gasteiger partial charge in [-0.15, -0.1) is 0 Å². The fraction of sp³-hybridized carbons (Fsp3) is 0.400. The molecule has 0 unspecified atom stereocenters. The smallest absolute Gasteiger partial charge is 0.231 e. The molecule has 1 aliphatic carbocycles. The Labute approximate surface area is 82.1 Å². The average Bonchev–Trinajstić information content (AvgIpc) is 2.75. The second-order valence-electron chi connectivity index (χ2n) is 3.32. The van der Waals surface area contributed by atoms with Gasteiger partial charge in [0, 0.05) is 6.04 Å². The van der Waals surface area contributed by atoms with Crippen molar-refractivity contribution in [1.29, 1.82) is 0 Å². The van der Waals surface area contributed by atoms with Crippen molar-refractivity contribution in [2.75, 3.05) is 6.75 Å². The van der Waals surface area contributed by atoms with E-state index in [4.69, 9.17) is 20.7 Å². The number of rotatable bonds is 0. The zero-order chi connectivity index (χ0) is 12.4. The third-order valence-electron chi connectivity index (χ3n) is 2.32. The molecule has 1 aromatic carbocycles. The Morgan fingerprint density at radius 2 is 1.85 bits per heavy atom. The molecule has 0 saturated heterocycles. The van der Waals surface area contributed by atoms with Crippen LogP contribution in [0.25, 0.3) is 0 Å². The molecule has 0 bridgehead atoms. The molecule has 2 aliphatic rings. The van der Waals surface area contributed by atoms with Crippen LogP contribution in [0.15, 0.2) is 12.1 Å². The normalized spacial score (nSPS) is 27.5. The van der Waals surface area contributed by atoms with Crippen molar-refractivity contribution >= 4 is 0 Å². The van der Waals surface area contributed by atoms with Gasteiger partial charge in [-0.1, -0.05) is 0 Å². The lowest BCUT2D eigenvalue weighted by molar-refractivity contribution is 0.174. The highest BCUT2D eigenvalue weighted by molar-refractivity contribution is 5.50. The maximum absolute atomic E-state index is 7.96. The molecule has 1 aliphatic heterocycles. The first-order valence-corrected chi connectivity index (χ1v) is 4.17. The van der Waals surface area contributed by atoms with E-state index < -0.39 is 6.75 Å². The quantitative estimate of drug-likeness (QED) is 0.645. The Hall–Kier alpha value is -1.22. The summed E-state index contributed by atoms with van der Waals surface area (Å²) in [4.78, 5) is 0. The van der Waals surface area contributed by atoms with Crippen LogP contribution < -0.4 is 15.2 Å². The lowest BCUT2D eigenvalue weighted by Crippen LogP contribution is -2.19. The van der Waals surface area contributed by atoms with Gasteiger partial charge < -0.3 is 15.2 Å². The number of hydrogen-bond donors (Lipinski definition) is 1. The molecule has 3 rings (SSSR count). The third kappa shape index (κ3) is 1.00. The molecule has 13 heavy (non-hydrogen) atoms. The van der Waals surface area contributed by atoms with Crippen molar-refractivity contribution in [2.24, 2.45) is 5.73 Å². The van der Waals surface area contributed by atoms with Crippen molar-refractivity contribution in [1.82, 2.24) is 0 Å². The Morgan fingerprint density at radius 3 is 2.38 bits per heavy atom. The van der Waals surface area contributed by atoms with Crippen LogP contribution in [-0.2, 0) is 12.8 Å².